The molecular weight excluding hydrogens is 242 g/mol. The molecule has 0 aliphatic carbocycles. The molecule has 0 aromatic rings. The Hall–Kier alpha value is -0.0200. The van der Waals surface area contributed by atoms with Crippen molar-refractivity contribution in [3.05, 3.63) is 0 Å². The molecule has 0 heterocycles. The van der Waals surface area contributed by atoms with E-state index in [2.05, 4.69) is 0 Å². The molecule has 1 N–H and O–H groups in total. The molecule has 6 nitrogen and oxygen atoms in total. The first-order chi connectivity index (χ1) is 6.57. The highest BCUT2D eigenvalue weighted by atomic mass is 32.2. The molecule has 0 radical (unpaired) electrons. The molecule has 0 spiro atoms. The predicted molar refractivity (Wildman–Crippen MR) is 56.6 cm³/mol. The van der Waals surface area contributed by atoms with Crippen LogP contribution in [0.25, 0.3) is 0 Å². The first-order valence-electron chi connectivity index (χ1n) is 4.42. The van der Waals surface area contributed by atoms with Crippen molar-refractivity contribution in [3.63, 3.8) is 0 Å². The lowest BCUT2D eigenvalue weighted by molar-refractivity contribution is -0.887. The summed E-state index contributed by atoms with van der Waals surface area (Å²) in [5, 5.41) is -1.07. The molecule has 15 heavy (non-hydrogen) atoms. The van der Waals surface area contributed by atoms with E-state index in [-0.39, 0.29) is 6.54 Å². The maximum Gasteiger partial charge on any atom is 0.266 e. The second-order valence-corrected chi connectivity index (χ2v) is 6.75. The van der Waals surface area contributed by atoms with Gasteiger partial charge in [0.1, 0.15) is 0 Å². The van der Waals surface area contributed by atoms with Gasteiger partial charge < -0.3 is 9.04 Å². The first-order valence-corrected chi connectivity index (χ1v) is 7.17. The zero-order chi connectivity index (χ0) is 12.3. The summed E-state index contributed by atoms with van der Waals surface area (Å²) in [5.41, 5.74) is 0. The van der Waals surface area contributed by atoms with Crippen LogP contribution >= 0.6 is 0 Å². The van der Waals surface area contributed by atoms with E-state index in [1.54, 1.807) is 14.1 Å². The lowest BCUT2D eigenvalue weighted by Gasteiger charge is -2.32. The molecular formula is C7H17NO5S2. The maximum absolute atomic E-state index is 10.8. The summed E-state index contributed by atoms with van der Waals surface area (Å²) >= 11 is -2.50. The minimum absolute atomic E-state index is 0.159. The van der Waals surface area contributed by atoms with E-state index in [4.69, 9.17) is 4.55 Å². The Morgan fingerprint density at radius 3 is 2.20 bits per heavy atom. The molecule has 0 fully saturated rings. The van der Waals surface area contributed by atoms with Gasteiger partial charge in [0.15, 0.2) is 0 Å². The second-order valence-electron chi connectivity index (χ2n) is 4.07. The standard InChI is InChI=1S/C7H17NO5S2/c1-4-8(2,3)5-7(14(9)10)6-15(11,12)13/h7H,4-6H2,1-3H3,(H-,9,10,11,12,13). The molecule has 0 aromatic carbocycles. The predicted octanol–water partition coefficient (Wildman–Crippen LogP) is -0.782. The number of quaternary nitrogens is 1. The van der Waals surface area contributed by atoms with Gasteiger partial charge in [-0.15, -0.1) is 0 Å². The summed E-state index contributed by atoms with van der Waals surface area (Å²) in [5.74, 6) is -0.745. The van der Waals surface area contributed by atoms with E-state index in [0.29, 0.717) is 11.0 Å². The van der Waals surface area contributed by atoms with Crippen LogP contribution in [0.2, 0.25) is 0 Å². The van der Waals surface area contributed by atoms with Crippen LogP contribution in [0, 0.1) is 0 Å². The number of nitrogens with zero attached hydrogens (tertiary/aromatic N) is 1. The average molecular weight is 259 g/mol. The quantitative estimate of drug-likeness (QED) is 0.383. The third-order valence-electron chi connectivity index (χ3n) is 2.22. The minimum atomic E-state index is -4.25. The van der Waals surface area contributed by atoms with Crippen molar-refractivity contribution in [2.45, 2.75) is 12.2 Å². The van der Waals surface area contributed by atoms with Crippen LogP contribution in [0.5, 0.6) is 0 Å². The van der Waals surface area contributed by atoms with Crippen LogP contribution in [0.4, 0.5) is 0 Å². The third kappa shape index (κ3) is 6.96. The van der Waals surface area contributed by atoms with Gasteiger partial charge in [0, 0.05) is 0 Å². The smallest absolute Gasteiger partial charge is 0.266 e. The van der Waals surface area contributed by atoms with Gasteiger partial charge in [0.05, 0.1) is 38.2 Å². The number of hydrogen-bond donors (Lipinski definition) is 1. The average Bonchev–Trinajstić information content (AvgIpc) is 2.00. The normalized spacial score (nSPS) is 17.4. The fourth-order valence-corrected chi connectivity index (χ4v) is 3.15. The Morgan fingerprint density at radius 1 is 1.47 bits per heavy atom. The number of rotatable bonds is 6. The van der Waals surface area contributed by atoms with Crippen LogP contribution in [0.15, 0.2) is 0 Å². The molecule has 0 aliphatic rings. The molecule has 0 saturated heterocycles. The van der Waals surface area contributed by atoms with E-state index < -0.39 is 32.2 Å². The van der Waals surface area contributed by atoms with Gasteiger partial charge >= 0.3 is 0 Å². The monoisotopic (exact) mass is 259 g/mol. The van der Waals surface area contributed by atoms with Gasteiger partial charge in [0.2, 0.25) is 0 Å². The first kappa shape index (κ1) is 15.0. The van der Waals surface area contributed by atoms with E-state index in [1.807, 2.05) is 6.92 Å². The minimum Gasteiger partial charge on any atom is -0.772 e. The van der Waals surface area contributed by atoms with Gasteiger partial charge in [-0.05, 0) is 18.0 Å². The Labute approximate surface area is 92.9 Å². The van der Waals surface area contributed by atoms with Crippen molar-refractivity contribution in [2.24, 2.45) is 0 Å². The molecule has 92 valence electrons. The molecule has 0 bridgehead atoms. The van der Waals surface area contributed by atoms with E-state index >= 15 is 0 Å². The fourth-order valence-electron chi connectivity index (χ4n) is 1.08. The van der Waals surface area contributed by atoms with Crippen LogP contribution in [-0.4, -0.2) is 64.4 Å². The SMILES string of the molecule is CC[N+](C)(C)CC(CS(=O)(=O)O)S(=O)[O-]. The van der Waals surface area contributed by atoms with Crippen LogP contribution in [-0.2, 0) is 21.2 Å². The lowest BCUT2D eigenvalue weighted by Crippen LogP contribution is -2.48. The molecule has 8 heteroatoms. The second kappa shape index (κ2) is 5.35. The highest BCUT2D eigenvalue weighted by Gasteiger charge is 2.25. The van der Waals surface area contributed by atoms with Crippen molar-refractivity contribution in [1.29, 1.82) is 0 Å². The van der Waals surface area contributed by atoms with Crippen molar-refractivity contribution < 1.29 is 26.2 Å². The molecule has 0 aliphatic heterocycles. The van der Waals surface area contributed by atoms with Crippen molar-refractivity contribution >= 4 is 21.2 Å². The van der Waals surface area contributed by atoms with Gasteiger partial charge in [-0.3, -0.25) is 8.76 Å². The largest absolute Gasteiger partial charge is 0.772 e. The van der Waals surface area contributed by atoms with Crippen molar-refractivity contribution in [2.75, 3.05) is 32.9 Å². The van der Waals surface area contributed by atoms with Gasteiger partial charge in [-0.25, -0.2) is 0 Å². The molecule has 2 atom stereocenters. The summed E-state index contributed by atoms with van der Waals surface area (Å²) in [6.07, 6.45) is 0. The molecule has 0 amide bonds. The highest BCUT2D eigenvalue weighted by Crippen LogP contribution is 2.06. The summed E-state index contributed by atoms with van der Waals surface area (Å²) in [4.78, 5) is 0. The lowest BCUT2D eigenvalue weighted by atomic mass is 10.3. The van der Waals surface area contributed by atoms with Crippen LogP contribution in [0.3, 0.4) is 0 Å². The molecule has 0 rings (SSSR count). The van der Waals surface area contributed by atoms with Gasteiger partial charge in [0.25, 0.3) is 10.1 Å². The summed E-state index contributed by atoms with van der Waals surface area (Å²) in [6.45, 7) is 2.71. The summed E-state index contributed by atoms with van der Waals surface area (Å²) < 4.78 is 51.7. The third-order valence-corrected chi connectivity index (χ3v) is 4.12. The Bertz CT molecular complexity index is 324. The Balaban J connectivity index is 4.64. The van der Waals surface area contributed by atoms with Gasteiger partial charge in [-0.2, -0.15) is 8.42 Å². The summed E-state index contributed by atoms with van der Waals surface area (Å²) in [7, 11) is -0.661. The van der Waals surface area contributed by atoms with Crippen LogP contribution < -0.4 is 0 Å². The maximum atomic E-state index is 10.8. The van der Waals surface area contributed by atoms with Gasteiger partial charge in [-0.1, -0.05) is 0 Å². The topological polar surface area (TPSA) is 94.5 Å². The van der Waals surface area contributed by atoms with Crippen molar-refractivity contribution in [1.82, 2.24) is 0 Å². The van der Waals surface area contributed by atoms with Crippen LogP contribution in [0.1, 0.15) is 6.92 Å². The molecule has 2 unspecified atom stereocenters. The van der Waals surface area contributed by atoms with E-state index in [9.17, 15) is 17.2 Å². The summed E-state index contributed by atoms with van der Waals surface area (Å²) in [6, 6.07) is 0. The highest BCUT2D eigenvalue weighted by molar-refractivity contribution is 7.87. The Kier molecular flexibility index (Phi) is 5.34. The van der Waals surface area contributed by atoms with E-state index in [1.165, 1.54) is 0 Å². The molecule has 0 saturated carbocycles. The number of hydrogen-bond acceptors (Lipinski definition) is 4. The Morgan fingerprint density at radius 2 is 1.93 bits per heavy atom. The fraction of sp³-hybridized carbons (Fsp3) is 1.00. The van der Waals surface area contributed by atoms with E-state index in [0.717, 1.165) is 0 Å². The zero-order valence-electron chi connectivity index (χ0n) is 9.04. The van der Waals surface area contributed by atoms with Crippen molar-refractivity contribution in [3.8, 4) is 0 Å². The zero-order valence-corrected chi connectivity index (χ0v) is 10.7. The molecule has 0 aromatic heterocycles.